The number of ketones is 1. The van der Waals surface area contributed by atoms with Crippen molar-refractivity contribution < 1.29 is 19.2 Å². The summed E-state index contributed by atoms with van der Waals surface area (Å²) in [6.07, 6.45) is 4.18. The van der Waals surface area contributed by atoms with Gasteiger partial charge >= 0.3 is 5.97 Å². The summed E-state index contributed by atoms with van der Waals surface area (Å²) in [6.45, 7) is 8.75. The van der Waals surface area contributed by atoms with Crippen LogP contribution in [0.4, 0.5) is 0 Å². The zero-order valence-corrected chi connectivity index (χ0v) is 20.2. The zero-order chi connectivity index (χ0) is 23.5. The molecule has 1 heterocycles. The molecule has 174 valence electrons. The first kappa shape index (κ1) is 24.5. The molecule has 5 nitrogen and oxygen atoms in total. The molecule has 0 amide bonds. The Morgan fingerprint density at radius 1 is 1.25 bits per heavy atom. The molecule has 0 bridgehead atoms. The lowest BCUT2D eigenvalue weighted by Crippen LogP contribution is -2.25. The minimum Gasteiger partial charge on any atom is -0.481 e. The first-order valence-corrected chi connectivity index (χ1v) is 11.8. The van der Waals surface area contributed by atoms with Crippen molar-refractivity contribution >= 4 is 23.4 Å². The van der Waals surface area contributed by atoms with E-state index in [-0.39, 0.29) is 31.0 Å². The second-order valence-corrected chi connectivity index (χ2v) is 11.0. The van der Waals surface area contributed by atoms with Crippen molar-refractivity contribution in [2.45, 2.75) is 84.5 Å². The summed E-state index contributed by atoms with van der Waals surface area (Å²) in [6, 6.07) is 7.60. The molecular formula is C26H34ClNO4. The molecule has 1 N–H and O–H groups in total. The monoisotopic (exact) mass is 459 g/mol. The van der Waals surface area contributed by atoms with Gasteiger partial charge in [-0.1, -0.05) is 49.7 Å². The van der Waals surface area contributed by atoms with E-state index in [0.29, 0.717) is 34.4 Å². The predicted octanol–water partition coefficient (Wildman–Crippen LogP) is 6.72. The number of halogens is 1. The van der Waals surface area contributed by atoms with E-state index in [1.807, 2.05) is 31.2 Å². The summed E-state index contributed by atoms with van der Waals surface area (Å²) in [5.74, 6) is 0.801. The number of carbonyl (C=O) groups is 2. The first-order chi connectivity index (χ1) is 15.0. The van der Waals surface area contributed by atoms with Crippen LogP contribution >= 0.6 is 11.6 Å². The van der Waals surface area contributed by atoms with Gasteiger partial charge in [0.25, 0.3) is 0 Å². The Labute approximate surface area is 195 Å². The highest BCUT2D eigenvalue weighted by molar-refractivity contribution is 6.31. The molecule has 1 aliphatic carbocycles. The van der Waals surface area contributed by atoms with Crippen molar-refractivity contribution in [1.82, 2.24) is 5.16 Å². The van der Waals surface area contributed by atoms with Gasteiger partial charge in [0, 0.05) is 42.2 Å². The topological polar surface area (TPSA) is 80.4 Å². The summed E-state index contributed by atoms with van der Waals surface area (Å²) in [7, 11) is 0. The average Bonchev–Trinajstić information content (AvgIpc) is 3.12. The van der Waals surface area contributed by atoms with E-state index in [1.165, 1.54) is 6.42 Å². The molecule has 0 spiro atoms. The fourth-order valence-corrected chi connectivity index (χ4v) is 5.00. The molecule has 0 saturated heterocycles. The highest BCUT2D eigenvalue weighted by Gasteiger charge is 2.35. The van der Waals surface area contributed by atoms with Crippen LogP contribution in [0.5, 0.6) is 0 Å². The van der Waals surface area contributed by atoms with E-state index in [2.05, 4.69) is 25.9 Å². The Hall–Kier alpha value is -2.14. The standard InChI is InChI=1S/C26H34ClNO4/c1-16-5-6-18(22(27)9-16)12-21(29)13-19(7-8-25(30)31)23-14-24(32-28-23)20-10-17(11-20)15-26(2,3)4/h5-6,9,14,17,19-20H,7-8,10-13,15H2,1-4H3,(H,30,31)/t17?,19-,20?/m0/s1. The number of hydrogen-bond acceptors (Lipinski definition) is 4. The van der Waals surface area contributed by atoms with Gasteiger partial charge in [0.1, 0.15) is 11.5 Å². The smallest absolute Gasteiger partial charge is 0.303 e. The lowest BCUT2D eigenvalue weighted by molar-refractivity contribution is -0.137. The summed E-state index contributed by atoms with van der Waals surface area (Å²) in [4.78, 5) is 24.0. The zero-order valence-electron chi connectivity index (χ0n) is 19.5. The van der Waals surface area contributed by atoms with Crippen LogP contribution in [-0.4, -0.2) is 22.0 Å². The van der Waals surface area contributed by atoms with Gasteiger partial charge in [-0.05, 0) is 61.1 Å². The Balaban J connectivity index is 1.64. The lowest BCUT2D eigenvalue weighted by atomic mass is 9.67. The van der Waals surface area contributed by atoms with E-state index >= 15 is 0 Å². The lowest BCUT2D eigenvalue weighted by Gasteiger charge is -2.37. The van der Waals surface area contributed by atoms with Gasteiger partial charge in [0.2, 0.25) is 0 Å². The van der Waals surface area contributed by atoms with Crippen molar-refractivity contribution in [2.24, 2.45) is 11.3 Å². The molecular weight excluding hydrogens is 426 g/mol. The average molecular weight is 460 g/mol. The molecule has 0 aliphatic heterocycles. The molecule has 1 aromatic heterocycles. The molecule has 32 heavy (non-hydrogen) atoms. The Kier molecular flexibility index (Phi) is 7.81. The SMILES string of the molecule is Cc1ccc(CC(=O)C[C@H](CCC(=O)O)c2cc(C3CC(CC(C)(C)C)C3)on2)c(Cl)c1. The molecule has 2 aromatic rings. The van der Waals surface area contributed by atoms with Crippen LogP contribution in [0.1, 0.15) is 93.7 Å². The Morgan fingerprint density at radius 3 is 2.59 bits per heavy atom. The Morgan fingerprint density at radius 2 is 1.97 bits per heavy atom. The van der Waals surface area contributed by atoms with Gasteiger partial charge in [0.05, 0.1) is 5.69 Å². The largest absolute Gasteiger partial charge is 0.481 e. The number of aryl methyl sites for hydroxylation is 1. The number of aromatic nitrogens is 1. The summed E-state index contributed by atoms with van der Waals surface area (Å²) in [5.41, 5.74) is 2.84. The van der Waals surface area contributed by atoms with Crippen LogP contribution in [0, 0.1) is 18.3 Å². The third kappa shape index (κ3) is 6.93. The quantitative estimate of drug-likeness (QED) is 0.426. The number of carboxylic acids is 1. The maximum atomic E-state index is 12.8. The molecule has 1 aliphatic rings. The third-order valence-electron chi connectivity index (χ3n) is 6.28. The molecule has 1 fully saturated rings. The minimum atomic E-state index is -0.878. The third-order valence-corrected chi connectivity index (χ3v) is 6.63. The summed E-state index contributed by atoms with van der Waals surface area (Å²) >= 11 is 6.28. The summed E-state index contributed by atoms with van der Waals surface area (Å²) in [5, 5.41) is 14.0. The maximum Gasteiger partial charge on any atom is 0.303 e. The van der Waals surface area contributed by atoms with Crippen molar-refractivity contribution in [3.05, 3.63) is 51.9 Å². The number of benzene rings is 1. The van der Waals surface area contributed by atoms with E-state index in [9.17, 15) is 9.59 Å². The molecule has 0 radical (unpaired) electrons. The number of hydrogen-bond donors (Lipinski definition) is 1. The Bertz CT molecular complexity index is 953. The molecule has 1 aromatic carbocycles. The number of rotatable bonds is 10. The normalized spacial score (nSPS) is 19.4. The molecule has 0 unspecified atom stereocenters. The number of carboxylic acid groups (broad SMARTS) is 1. The molecule has 6 heteroatoms. The molecule has 3 rings (SSSR count). The van der Waals surface area contributed by atoms with E-state index < -0.39 is 5.97 Å². The second-order valence-electron chi connectivity index (χ2n) is 10.6. The van der Waals surface area contributed by atoms with Crippen molar-refractivity contribution in [2.75, 3.05) is 0 Å². The fraction of sp³-hybridized carbons (Fsp3) is 0.577. The van der Waals surface area contributed by atoms with Crippen LogP contribution < -0.4 is 0 Å². The van der Waals surface area contributed by atoms with E-state index in [4.69, 9.17) is 21.2 Å². The van der Waals surface area contributed by atoms with E-state index in [1.54, 1.807) is 0 Å². The molecule has 1 atom stereocenters. The number of carbonyl (C=O) groups excluding carboxylic acids is 1. The minimum absolute atomic E-state index is 0.0114. The predicted molar refractivity (Wildman–Crippen MR) is 125 cm³/mol. The van der Waals surface area contributed by atoms with Gasteiger partial charge in [0.15, 0.2) is 0 Å². The van der Waals surface area contributed by atoms with Gasteiger partial charge < -0.3 is 9.63 Å². The van der Waals surface area contributed by atoms with E-state index in [0.717, 1.165) is 29.7 Å². The fourth-order valence-electron chi connectivity index (χ4n) is 4.70. The number of nitrogens with zero attached hydrogens (tertiary/aromatic N) is 1. The van der Waals surface area contributed by atoms with Crippen LogP contribution in [-0.2, 0) is 16.0 Å². The van der Waals surface area contributed by atoms with Crippen molar-refractivity contribution in [1.29, 1.82) is 0 Å². The second kappa shape index (κ2) is 10.2. The first-order valence-electron chi connectivity index (χ1n) is 11.4. The van der Waals surface area contributed by atoms with Crippen LogP contribution in [0.2, 0.25) is 5.02 Å². The maximum absolute atomic E-state index is 12.8. The van der Waals surface area contributed by atoms with Crippen LogP contribution in [0.15, 0.2) is 28.8 Å². The van der Waals surface area contributed by atoms with Gasteiger partial charge in [-0.25, -0.2) is 0 Å². The number of Topliss-reactive ketones (excluding diaryl/α,β-unsaturated/α-hetero) is 1. The van der Waals surface area contributed by atoms with Crippen LogP contribution in [0.3, 0.4) is 0 Å². The molecule has 1 saturated carbocycles. The number of aliphatic carboxylic acids is 1. The van der Waals surface area contributed by atoms with Crippen LogP contribution in [0.25, 0.3) is 0 Å². The van der Waals surface area contributed by atoms with Crippen molar-refractivity contribution in [3.63, 3.8) is 0 Å². The van der Waals surface area contributed by atoms with Gasteiger partial charge in [-0.2, -0.15) is 0 Å². The highest BCUT2D eigenvalue weighted by Crippen LogP contribution is 2.47. The van der Waals surface area contributed by atoms with Gasteiger partial charge in [-0.15, -0.1) is 0 Å². The highest BCUT2D eigenvalue weighted by atomic mass is 35.5. The summed E-state index contributed by atoms with van der Waals surface area (Å²) < 4.78 is 5.64. The van der Waals surface area contributed by atoms with Gasteiger partial charge in [-0.3, -0.25) is 9.59 Å². The van der Waals surface area contributed by atoms with Crippen molar-refractivity contribution in [3.8, 4) is 0 Å².